The molecule has 4 aromatic carbocycles. The molecule has 0 saturated carbocycles. The van der Waals surface area contributed by atoms with Crippen molar-refractivity contribution in [3.05, 3.63) is 207 Å². The van der Waals surface area contributed by atoms with Gasteiger partial charge >= 0.3 is 19.2 Å². The lowest BCUT2D eigenvalue weighted by Gasteiger charge is -2.39. The molecule has 22 heteroatoms. The molecule has 2 saturated heterocycles. The van der Waals surface area contributed by atoms with Crippen molar-refractivity contribution in [1.29, 1.82) is 0 Å². The van der Waals surface area contributed by atoms with Crippen LogP contribution < -0.4 is 27.2 Å². The van der Waals surface area contributed by atoms with E-state index in [1.54, 1.807) is 33.1 Å². The van der Waals surface area contributed by atoms with Crippen molar-refractivity contribution in [2.75, 3.05) is 26.9 Å². The van der Waals surface area contributed by atoms with Gasteiger partial charge in [-0.2, -0.15) is 0 Å². The van der Waals surface area contributed by atoms with Crippen LogP contribution in [0, 0.1) is 24.0 Å². The van der Waals surface area contributed by atoms with E-state index < -0.39 is 92.6 Å². The summed E-state index contributed by atoms with van der Waals surface area (Å²) in [7, 11) is -5.76. The van der Waals surface area contributed by atoms with Crippen molar-refractivity contribution in [2.24, 2.45) is 0 Å². The molecule has 8 rings (SSSR count). The molecule has 2 N–H and O–H groups in total. The number of H-pyrrole nitrogens is 2. The van der Waals surface area contributed by atoms with Crippen LogP contribution in [0.15, 0.2) is 141 Å². The smallest absolute Gasteiger partial charge is 0.475 e. The highest BCUT2D eigenvalue weighted by molar-refractivity contribution is 7.48. The van der Waals surface area contributed by atoms with Crippen molar-refractivity contribution in [3.8, 4) is 5.75 Å². The summed E-state index contributed by atoms with van der Waals surface area (Å²) < 4.78 is 70.1. The Balaban J connectivity index is 1.17. The summed E-state index contributed by atoms with van der Waals surface area (Å²) in [6.07, 6.45) is -2.95. The molecule has 2 aliphatic heterocycles. The van der Waals surface area contributed by atoms with E-state index in [1.807, 2.05) is 84.9 Å². The van der Waals surface area contributed by atoms with Gasteiger partial charge in [-0.3, -0.25) is 52.4 Å². The third-order valence-electron chi connectivity index (χ3n) is 14.3. The number of phosphoric acid groups is 1. The highest BCUT2D eigenvalue weighted by Crippen LogP contribution is 2.54. The molecule has 2 fully saturated rings. The van der Waals surface area contributed by atoms with Gasteiger partial charge in [0.15, 0.2) is 8.32 Å². The Morgan fingerprint density at radius 3 is 1.71 bits per heavy atom. The quantitative estimate of drug-likeness (QED) is 0.0226. The van der Waals surface area contributed by atoms with Gasteiger partial charge in [-0.25, -0.2) is 14.2 Å². The minimum atomic E-state index is -4.78. The van der Waals surface area contributed by atoms with Gasteiger partial charge in [0.2, 0.25) is 0 Å². The number of aromatic nitrogens is 4. The van der Waals surface area contributed by atoms with Crippen LogP contribution in [-0.2, 0) is 48.8 Å². The molecule has 76 heavy (non-hydrogen) atoms. The molecule has 0 radical (unpaired) electrons. The predicted octanol–water partition coefficient (Wildman–Crippen LogP) is 8.36. The molecule has 7 atom stereocenters. The number of phosphoric ester groups is 1. The van der Waals surface area contributed by atoms with Crippen LogP contribution in [0.5, 0.6) is 5.75 Å². The van der Waals surface area contributed by atoms with E-state index in [2.05, 4.69) is 43.8 Å². The van der Waals surface area contributed by atoms with Crippen molar-refractivity contribution < 1.29 is 46.4 Å². The van der Waals surface area contributed by atoms with E-state index in [4.69, 9.17) is 36.9 Å². The first-order chi connectivity index (χ1) is 36.1. The monoisotopic (exact) mass is 1080 g/mol. The van der Waals surface area contributed by atoms with Crippen LogP contribution >= 0.6 is 7.82 Å². The number of nitro benzene ring substituents is 1. The van der Waals surface area contributed by atoms with Crippen LogP contribution in [0.1, 0.15) is 79.4 Å². The first-order valence-corrected chi connectivity index (χ1v) is 29.3. The third kappa shape index (κ3) is 12.4. The van der Waals surface area contributed by atoms with Crippen LogP contribution in [0.4, 0.5) is 5.69 Å². The number of benzene rings is 4. The van der Waals surface area contributed by atoms with Gasteiger partial charge < -0.3 is 23.4 Å². The summed E-state index contributed by atoms with van der Waals surface area (Å²) in [5.41, 5.74) is -0.548. The standard InChI is InChI=1S/C54H64N5O15PSi/c1-35-31-57(51(62)55-49(35)60)47-29-43(45(71-47)33-68-54(38-15-11-9-12-16-38,39-17-13-10-14-18-39)40-21-25-42(67-6)26-22-40)73-75(66,69-28-27-37-19-23-41(24-20-37)59(64)65)70-34-46-44(74-76(7,8)53(3,4)5)30-48(72-46)58-32-36(2)50(61)56-52(58)63/h9-26,31-32,43-48H,27-30,33-34H2,1-8H3,(H,55,60,62)(H,56,61,63)/t43-,44-,45+,46+,47+,48+,75?/m0/s1. The highest BCUT2D eigenvalue weighted by Gasteiger charge is 2.49. The van der Waals surface area contributed by atoms with Gasteiger partial charge in [-0.15, -0.1) is 0 Å². The third-order valence-corrected chi connectivity index (χ3v) is 20.3. The lowest BCUT2D eigenvalue weighted by molar-refractivity contribution is -0.384. The fourth-order valence-corrected chi connectivity index (χ4v) is 11.8. The molecule has 1 unspecified atom stereocenters. The van der Waals surface area contributed by atoms with E-state index in [1.165, 1.54) is 33.7 Å². The topological polar surface area (TPSA) is 244 Å². The lowest BCUT2D eigenvalue weighted by atomic mass is 9.80. The molecule has 404 valence electrons. The molecule has 20 nitrogen and oxygen atoms in total. The fourth-order valence-electron chi connectivity index (χ4n) is 9.05. The number of aromatic amines is 2. The first-order valence-electron chi connectivity index (χ1n) is 24.9. The zero-order valence-electron chi connectivity index (χ0n) is 43.7. The van der Waals surface area contributed by atoms with Crippen LogP contribution in [-0.4, -0.2) is 83.7 Å². The van der Waals surface area contributed by atoms with Crippen LogP contribution in [0.3, 0.4) is 0 Å². The van der Waals surface area contributed by atoms with E-state index in [0.717, 1.165) is 16.7 Å². The molecule has 2 aliphatic rings. The molecule has 0 bridgehead atoms. The van der Waals surface area contributed by atoms with Crippen molar-refractivity contribution in [1.82, 2.24) is 19.1 Å². The van der Waals surface area contributed by atoms with Crippen LogP contribution in [0.25, 0.3) is 0 Å². The molecule has 0 aliphatic carbocycles. The normalized spacial score (nSPS) is 20.8. The van der Waals surface area contributed by atoms with Crippen molar-refractivity contribution in [2.45, 2.75) is 114 Å². The number of rotatable bonds is 21. The van der Waals surface area contributed by atoms with Gasteiger partial charge in [-0.1, -0.05) is 106 Å². The number of aryl methyl sites for hydroxylation is 2. The second-order valence-corrected chi connectivity index (χ2v) is 26.8. The summed E-state index contributed by atoms with van der Waals surface area (Å²) in [6, 6.07) is 32.5. The number of non-ortho nitro benzene ring substituents is 1. The number of hydrogen-bond donors (Lipinski definition) is 2. The zero-order valence-corrected chi connectivity index (χ0v) is 45.6. The van der Waals surface area contributed by atoms with E-state index in [9.17, 15) is 29.3 Å². The maximum absolute atomic E-state index is 15.6. The zero-order chi connectivity index (χ0) is 54.6. The number of ether oxygens (including phenoxy) is 4. The Kier molecular flexibility index (Phi) is 16.9. The van der Waals surface area contributed by atoms with Crippen molar-refractivity contribution in [3.63, 3.8) is 0 Å². The molecule has 6 aromatic rings. The summed E-state index contributed by atoms with van der Waals surface area (Å²) >= 11 is 0. The average molecular weight is 1080 g/mol. The predicted molar refractivity (Wildman–Crippen MR) is 284 cm³/mol. The molecule has 2 aromatic heterocycles. The maximum Gasteiger partial charge on any atom is 0.475 e. The van der Waals surface area contributed by atoms with E-state index in [-0.39, 0.29) is 54.3 Å². The Hall–Kier alpha value is -6.39. The molecule has 0 spiro atoms. The van der Waals surface area contributed by atoms with Gasteiger partial charge in [0.1, 0.15) is 42.1 Å². The SMILES string of the molecule is COc1ccc(C(OC[C@H]2O[C@@H](n3cc(C)c(=O)[nH]c3=O)C[C@@H]2OP(=O)(OCCc2ccc([N+](=O)[O-])cc2)OC[C@H]2O[C@@H](n3cc(C)c(=O)[nH]c3=O)C[C@@H]2O[Si](C)(C)C(C)(C)C)(c2ccccc2)c2ccccc2)cc1. The number of nitrogens with zero attached hydrogens (tertiary/aromatic N) is 3. The molecular weight excluding hydrogens is 1020 g/mol. The fraction of sp³-hybridized carbons (Fsp3) is 0.407. The Labute approximate surface area is 439 Å². The average Bonchev–Trinajstić information content (AvgIpc) is 3.99. The Morgan fingerprint density at radius 2 is 1.21 bits per heavy atom. The lowest BCUT2D eigenvalue weighted by Crippen LogP contribution is -2.46. The highest BCUT2D eigenvalue weighted by atomic mass is 31.2. The summed E-state index contributed by atoms with van der Waals surface area (Å²) in [4.78, 5) is 67.3. The largest absolute Gasteiger partial charge is 0.497 e. The summed E-state index contributed by atoms with van der Waals surface area (Å²) in [5, 5.41) is 11.2. The minimum Gasteiger partial charge on any atom is -0.497 e. The summed E-state index contributed by atoms with van der Waals surface area (Å²) in [5.74, 6) is 0.622. The molecule has 4 heterocycles. The van der Waals surface area contributed by atoms with Gasteiger partial charge in [0, 0.05) is 48.5 Å². The van der Waals surface area contributed by atoms with Gasteiger partial charge in [0.25, 0.3) is 16.8 Å². The summed E-state index contributed by atoms with van der Waals surface area (Å²) in [6.45, 7) is 12.6. The van der Waals surface area contributed by atoms with Crippen LogP contribution in [0.2, 0.25) is 18.1 Å². The second kappa shape index (κ2) is 23.1. The second-order valence-electron chi connectivity index (χ2n) is 20.5. The maximum atomic E-state index is 15.6. The van der Waals surface area contributed by atoms with Gasteiger partial charge in [-0.05, 0) is 72.8 Å². The number of hydrogen-bond acceptors (Lipinski definition) is 15. The Bertz CT molecular complexity index is 3230. The molecule has 0 amide bonds. The van der Waals surface area contributed by atoms with E-state index >= 15 is 4.57 Å². The first kappa shape index (κ1) is 55.8. The number of nitro groups is 1. The number of nitrogens with one attached hydrogen (secondary N) is 2. The van der Waals surface area contributed by atoms with Crippen molar-refractivity contribution >= 4 is 21.8 Å². The van der Waals surface area contributed by atoms with Gasteiger partial charge in [0.05, 0.1) is 38.0 Å². The molecular formula is C54H64N5O15PSi. The number of methoxy groups -OCH3 is 1. The minimum absolute atomic E-state index is 0.109. The Morgan fingerprint density at radius 1 is 0.711 bits per heavy atom. The van der Waals surface area contributed by atoms with E-state index in [0.29, 0.717) is 11.3 Å².